The molecule has 0 radical (unpaired) electrons. The summed E-state index contributed by atoms with van der Waals surface area (Å²) in [7, 11) is -3.61. The van der Waals surface area contributed by atoms with Gasteiger partial charge < -0.3 is 5.32 Å². The lowest BCUT2D eigenvalue weighted by atomic mass is 9.93. The van der Waals surface area contributed by atoms with Gasteiger partial charge in [-0.2, -0.15) is 4.31 Å². The van der Waals surface area contributed by atoms with Crippen LogP contribution in [0.5, 0.6) is 0 Å². The molecular weight excluding hydrogens is 414 g/mol. The number of amides is 2. The molecule has 1 aliphatic heterocycles. The second-order valence-corrected chi connectivity index (χ2v) is 11.4. The van der Waals surface area contributed by atoms with Gasteiger partial charge in [-0.3, -0.25) is 14.5 Å². The van der Waals surface area contributed by atoms with E-state index in [1.807, 2.05) is 32.0 Å². The Hall–Kier alpha value is -1.93. The molecule has 8 heteroatoms. The summed E-state index contributed by atoms with van der Waals surface area (Å²) in [6.07, 6.45) is 6.29. The third-order valence-corrected chi connectivity index (χ3v) is 8.50. The predicted octanol–water partition coefficient (Wildman–Crippen LogP) is 2.90. The van der Waals surface area contributed by atoms with Crippen LogP contribution < -0.4 is 10.2 Å². The van der Waals surface area contributed by atoms with E-state index in [0.717, 1.165) is 36.8 Å². The first-order valence-corrected chi connectivity index (χ1v) is 12.9. The Labute approximate surface area is 186 Å². The van der Waals surface area contributed by atoms with Crippen molar-refractivity contribution in [3.8, 4) is 0 Å². The van der Waals surface area contributed by atoms with E-state index in [9.17, 15) is 18.0 Å². The second-order valence-electron chi connectivity index (χ2n) is 9.10. The molecule has 172 valence electrons. The highest BCUT2D eigenvalue weighted by atomic mass is 32.2. The highest BCUT2D eigenvalue weighted by Crippen LogP contribution is 2.32. The van der Waals surface area contributed by atoms with E-state index in [0.29, 0.717) is 5.69 Å². The fourth-order valence-electron chi connectivity index (χ4n) is 4.58. The summed E-state index contributed by atoms with van der Waals surface area (Å²) in [6, 6.07) is 5.72. The van der Waals surface area contributed by atoms with Crippen LogP contribution in [0, 0.1) is 13.8 Å². The van der Waals surface area contributed by atoms with Crippen LogP contribution in [-0.2, 0) is 19.6 Å². The summed E-state index contributed by atoms with van der Waals surface area (Å²) < 4.78 is 26.4. The van der Waals surface area contributed by atoms with Crippen LogP contribution in [0.25, 0.3) is 0 Å². The van der Waals surface area contributed by atoms with Crippen LogP contribution in [0.3, 0.4) is 0 Å². The molecule has 1 aromatic rings. The predicted molar refractivity (Wildman–Crippen MR) is 122 cm³/mol. The summed E-state index contributed by atoms with van der Waals surface area (Å²) in [5.41, 5.74) is 1.40. The number of sulfonamides is 1. The van der Waals surface area contributed by atoms with Crippen LogP contribution in [-0.4, -0.2) is 55.0 Å². The molecule has 2 amide bonds. The molecule has 0 unspecified atom stereocenters. The summed E-state index contributed by atoms with van der Waals surface area (Å²) in [5, 5.41) is 3.15. The standard InChI is InChI=1S/C23H35N3O4S/c1-5-31(29,30)25-15-21(27)26(20-13-12-17(2)18(3)14-20)23(4,16-25)22(28)24-19-10-8-6-7-9-11-19/h12-14,19H,5-11,15-16H2,1-4H3,(H,24,28)/t23-/m1/s1. The Bertz CT molecular complexity index is 938. The molecule has 1 heterocycles. The molecule has 3 rings (SSSR count). The zero-order chi connectivity index (χ0) is 22.8. The van der Waals surface area contributed by atoms with E-state index in [1.165, 1.54) is 22.0 Å². The number of hydrogen-bond acceptors (Lipinski definition) is 4. The van der Waals surface area contributed by atoms with Gasteiger partial charge >= 0.3 is 0 Å². The van der Waals surface area contributed by atoms with E-state index < -0.39 is 15.6 Å². The van der Waals surface area contributed by atoms with E-state index in [4.69, 9.17) is 0 Å². The molecule has 1 aliphatic carbocycles. The number of rotatable bonds is 5. The number of carbonyl (C=O) groups is 2. The fourth-order valence-corrected chi connectivity index (χ4v) is 5.70. The maximum atomic E-state index is 13.6. The van der Waals surface area contributed by atoms with Gasteiger partial charge in [-0.05, 0) is 63.8 Å². The van der Waals surface area contributed by atoms with Crippen molar-refractivity contribution >= 4 is 27.5 Å². The van der Waals surface area contributed by atoms with Gasteiger partial charge in [0.05, 0.1) is 12.3 Å². The third kappa shape index (κ3) is 4.95. The van der Waals surface area contributed by atoms with Crippen molar-refractivity contribution in [3.63, 3.8) is 0 Å². The Morgan fingerprint density at radius 1 is 1.13 bits per heavy atom. The molecular formula is C23H35N3O4S. The fraction of sp³-hybridized carbons (Fsp3) is 0.652. The highest BCUT2D eigenvalue weighted by molar-refractivity contribution is 7.89. The first-order valence-electron chi connectivity index (χ1n) is 11.3. The van der Waals surface area contributed by atoms with Gasteiger partial charge in [0.2, 0.25) is 21.8 Å². The molecule has 1 saturated heterocycles. The van der Waals surface area contributed by atoms with Crippen molar-refractivity contribution in [3.05, 3.63) is 29.3 Å². The van der Waals surface area contributed by atoms with Crippen LogP contribution >= 0.6 is 0 Å². The van der Waals surface area contributed by atoms with Crippen molar-refractivity contribution in [1.82, 2.24) is 9.62 Å². The maximum Gasteiger partial charge on any atom is 0.247 e. The largest absolute Gasteiger partial charge is 0.351 e. The number of piperazine rings is 1. The van der Waals surface area contributed by atoms with E-state index in [1.54, 1.807) is 13.8 Å². The highest BCUT2D eigenvalue weighted by Gasteiger charge is 2.51. The lowest BCUT2D eigenvalue weighted by Gasteiger charge is -2.47. The lowest BCUT2D eigenvalue weighted by molar-refractivity contribution is -0.133. The number of nitrogens with zero attached hydrogens (tertiary/aromatic N) is 2. The van der Waals surface area contributed by atoms with Crippen molar-refractivity contribution in [1.29, 1.82) is 0 Å². The Balaban J connectivity index is 1.99. The zero-order valence-corrected chi connectivity index (χ0v) is 19.9. The van der Waals surface area contributed by atoms with Crippen LogP contribution in [0.15, 0.2) is 18.2 Å². The summed E-state index contributed by atoms with van der Waals surface area (Å²) in [5.74, 6) is -0.781. The maximum absolute atomic E-state index is 13.6. The lowest BCUT2D eigenvalue weighted by Crippen LogP contribution is -2.70. The van der Waals surface area contributed by atoms with Crippen LogP contribution in [0.1, 0.15) is 63.5 Å². The van der Waals surface area contributed by atoms with Crippen molar-refractivity contribution in [2.45, 2.75) is 77.8 Å². The van der Waals surface area contributed by atoms with Gasteiger partial charge in [-0.25, -0.2) is 8.42 Å². The molecule has 1 aromatic carbocycles. The van der Waals surface area contributed by atoms with Crippen molar-refractivity contribution < 1.29 is 18.0 Å². The topological polar surface area (TPSA) is 86.8 Å². The number of anilines is 1. The quantitative estimate of drug-likeness (QED) is 0.701. The molecule has 0 spiro atoms. The monoisotopic (exact) mass is 449 g/mol. The van der Waals surface area contributed by atoms with Gasteiger partial charge in [0.1, 0.15) is 5.54 Å². The normalized spacial score (nSPS) is 24.1. The first kappa shape index (κ1) is 23.7. The van der Waals surface area contributed by atoms with Crippen LogP contribution in [0.2, 0.25) is 0 Å². The van der Waals surface area contributed by atoms with Crippen molar-refractivity contribution in [2.75, 3.05) is 23.7 Å². The molecule has 31 heavy (non-hydrogen) atoms. The minimum atomic E-state index is -3.61. The Morgan fingerprint density at radius 2 is 1.77 bits per heavy atom. The second kappa shape index (κ2) is 9.28. The minimum absolute atomic E-state index is 0.0552. The number of benzene rings is 1. The molecule has 0 bridgehead atoms. The van der Waals surface area contributed by atoms with Gasteiger partial charge in [0.15, 0.2) is 0 Å². The number of hydrogen-bond donors (Lipinski definition) is 1. The van der Waals surface area contributed by atoms with E-state index in [-0.39, 0.29) is 36.7 Å². The molecule has 1 saturated carbocycles. The minimum Gasteiger partial charge on any atom is -0.351 e. The molecule has 1 N–H and O–H groups in total. The van der Waals surface area contributed by atoms with Gasteiger partial charge in [-0.15, -0.1) is 0 Å². The van der Waals surface area contributed by atoms with Crippen LogP contribution in [0.4, 0.5) is 5.69 Å². The SMILES string of the molecule is CCS(=O)(=O)N1CC(=O)N(c2ccc(C)c(C)c2)[C@@](C)(C(=O)NC2CCCCCC2)C1. The molecule has 0 aromatic heterocycles. The average molecular weight is 450 g/mol. The van der Waals surface area contributed by atoms with Crippen molar-refractivity contribution in [2.24, 2.45) is 0 Å². The third-order valence-electron chi connectivity index (χ3n) is 6.73. The zero-order valence-electron chi connectivity index (χ0n) is 19.1. The first-order chi connectivity index (χ1) is 14.6. The number of nitrogens with one attached hydrogen (secondary N) is 1. The molecule has 1 atom stereocenters. The smallest absolute Gasteiger partial charge is 0.247 e. The Kier molecular flexibility index (Phi) is 7.11. The number of aryl methyl sites for hydroxylation is 2. The summed E-state index contributed by atoms with van der Waals surface area (Å²) in [4.78, 5) is 28.4. The molecule has 2 fully saturated rings. The summed E-state index contributed by atoms with van der Waals surface area (Å²) >= 11 is 0. The molecule has 2 aliphatic rings. The average Bonchev–Trinajstić information content (AvgIpc) is 2.98. The Morgan fingerprint density at radius 3 is 2.35 bits per heavy atom. The molecule has 7 nitrogen and oxygen atoms in total. The van der Waals surface area contributed by atoms with Gasteiger partial charge in [-0.1, -0.05) is 31.7 Å². The van der Waals surface area contributed by atoms with Gasteiger partial charge in [0.25, 0.3) is 0 Å². The van der Waals surface area contributed by atoms with E-state index in [2.05, 4.69) is 5.32 Å². The number of carbonyl (C=O) groups excluding carboxylic acids is 2. The van der Waals surface area contributed by atoms with E-state index >= 15 is 0 Å². The summed E-state index contributed by atoms with van der Waals surface area (Å²) in [6.45, 7) is 6.88. The van der Waals surface area contributed by atoms with Gasteiger partial charge in [0, 0.05) is 18.3 Å².